The fourth-order valence-electron chi connectivity index (χ4n) is 2.20. The lowest BCUT2D eigenvalue weighted by molar-refractivity contribution is -0.122. The Morgan fingerprint density at radius 3 is 2.26 bits per heavy atom. The van der Waals surface area contributed by atoms with E-state index in [-0.39, 0.29) is 18.3 Å². The highest BCUT2D eigenvalue weighted by molar-refractivity contribution is 5.85. The van der Waals surface area contributed by atoms with Gasteiger partial charge in [0.1, 0.15) is 0 Å². The van der Waals surface area contributed by atoms with Gasteiger partial charge in [0.25, 0.3) is 0 Å². The Morgan fingerprint density at radius 1 is 1.04 bits per heavy atom. The number of amides is 1. The van der Waals surface area contributed by atoms with E-state index in [2.05, 4.69) is 5.32 Å². The predicted octanol–water partition coefficient (Wildman–Crippen LogP) is 2.44. The Balaban J connectivity index is 0.00000264. The normalized spacial score (nSPS) is 11.4. The topological polar surface area (TPSA) is 64.3 Å². The molecule has 0 aliphatic carbocycles. The van der Waals surface area contributed by atoms with E-state index in [1.54, 1.807) is 7.11 Å². The number of nitrogens with two attached hydrogens (primary N) is 1. The van der Waals surface area contributed by atoms with Crippen molar-refractivity contribution in [2.45, 2.75) is 25.6 Å². The molecule has 3 N–H and O–H groups in total. The molecular formula is C18H23ClN2O2. The molecule has 23 heavy (non-hydrogen) atoms. The van der Waals surface area contributed by atoms with Gasteiger partial charge in [0.15, 0.2) is 0 Å². The highest BCUT2D eigenvalue weighted by Crippen LogP contribution is 2.06. The zero-order valence-corrected chi connectivity index (χ0v) is 14.0. The van der Waals surface area contributed by atoms with E-state index in [0.29, 0.717) is 19.6 Å². The van der Waals surface area contributed by atoms with Crippen molar-refractivity contribution >= 4 is 18.3 Å². The summed E-state index contributed by atoms with van der Waals surface area (Å²) in [4.78, 5) is 12.0. The third-order valence-corrected chi connectivity index (χ3v) is 3.44. The third kappa shape index (κ3) is 6.40. The minimum Gasteiger partial charge on any atom is -0.380 e. The molecule has 0 fully saturated rings. The first kappa shape index (κ1) is 19.2. The Hall–Kier alpha value is -1.88. The Kier molecular flexibility index (Phi) is 8.33. The number of hydrogen-bond acceptors (Lipinski definition) is 3. The van der Waals surface area contributed by atoms with Gasteiger partial charge in [-0.25, -0.2) is 0 Å². The Bertz CT molecular complexity index is 588. The summed E-state index contributed by atoms with van der Waals surface area (Å²) in [7, 11) is 1.67. The number of carbonyl (C=O) groups excluding carboxylic acids is 1. The van der Waals surface area contributed by atoms with Crippen LogP contribution in [0.5, 0.6) is 0 Å². The Morgan fingerprint density at radius 2 is 1.65 bits per heavy atom. The summed E-state index contributed by atoms with van der Waals surface area (Å²) < 4.78 is 5.07. The zero-order valence-electron chi connectivity index (χ0n) is 13.2. The standard InChI is InChI=1S/C18H22N2O2.ClH/c1-22-13-16-9-7-15(8-10-16)12-20-18(21)17(19)11-14-5-3-2-4-6-14;/h2-10,17H,11-13,19H2,1H3,(H,20,21);1H. The van der Waals surface area contributed by atoms with E-state index in [1.807, 2.05) is 54.6 Å². The molecule has 0 radical (unpaired) electrons. The van der Waals surface area contributed by atoms with Crippen LogP contribution in [0.3, 0.4) is 0 Å². The van der Waals surface area contributed by atoms with Crippen LogP contribution < -0.4 is 11.1 Å². The number of carbonyl (C=O) groups is 1. The molecule has 1 unspecified atom stereocenters. The van der Waals surface area contributed by atoms with Crippen molar-refractivity contribution in [3.05, 3.63) is 71.3 Å². The van der Waals surface area contributed by atoms with Gasteiger partial charge >= 0.3 is 0 Å². The fourth-order valence-corrected chi connectivity index (χ4v) is 2.20. The molecule has 0 heterocycles. The summed E-state index contributed by atoms with van der Waals surface area (Å²) in [5.74, 6) is -0.134. The smallest absolute Gasteiger partial charge is 0.237 e. The van der Waals surface area contributed by atoms with Gasteiger partial charge in [0, 0.05) is 13.7 Å². The summed E-state index contributed by atoms with van der Waals surface area (Å²) in [6.07, 6.45) is 0.541. The first-order chi connectivity index (χ1) is 10.7. The Labute approximate surface area is 143 Å². The lowest BCUT2D eigenvalue weighted by atomic mass is 10.1. The molecule has 0 spiro atoms. The van der Waals surface area contributed by atoms with Gasteiger partial charge in [-0.15, -0.1) is 12.4 Å². The predicted molar refractivity (Wildman–Crippen MR) is 94.4 cm³/mol. The van der Waals surface area contributed by atoms with E-state index in [1.165, 1.54) is 0 Å². The summed E-state index contributed by atoms with van der Waals surface area (Å²) in [6, 6.07) is 17.2. The molecule has 0 saturated carbocycles. The van der Waals surface area contributed by atoms with Gasteiger partial charge < -0.3 is 15.8 Å². The highest BCUT2D eigenvalue weighted by atomic mass is 35.5. The van der Waals surface area contributed by atoms with E-state index in [0.717, 1.165) is 16.7 Å². The first-order valence-electron chi connectivity index (χ1n) is 7.33. The van der Waals surface area contributed by atoms with Gasteiger partial charge in [0.05, 0.1) is 12.6 Å². The van der Waals surface area contributed by atoms with Crippen LogP contribution >= 0.6 is 12.4 Å². The lowest BCUT2D eigenvalue weighted by Gasteiger charge is -2.12. The van der Waals surface area contributed by atoms with Gasteiger partial charge in [-0.1, -0.05) is 54.6 Å². The molecule has 1 atom stereocenters. The SMILES string of the molecule is COCc1ccc(CNC(=O)C(N)Cc2ccccc2)cc1.Cl. The first-order valence-corrected chi connectivity index (χ1v) is 7.33. The molecule has 0 aromatic heterocycles. The molecule has 124 valence electrons. The molecule has 2 aromatic carbocycles. The summed E-state index contributed by atoms with van der Waals surface area (Å²) in [5, 5.41) is 2.88. The zero-order chi connectivity index (χ0) is 15.8. The van der Waals surface area contributed by atoms with Crippen LogP contribution in [-0.2, 0) is 29.1 Å². The summed E-state index contributed by atoms with van der Waals surface area (Å²) >= 11 is 0. The number of methoxy groups -OCH3 is 1. The van der Waals surface area contributed by atoms with Gasteiger partial charge in [-0.2, -0.15) is 0 Å². The van der Waals surface area contributed by atoms with Crippen LogP contribution in [0.25, 0.3) is 0 Å². The van der Waals surface area contributed by atoms with E-state index < -0.39 is 6.04 Å². The van der Waals surface area contributed by atoms with E-state index in [4.69, 9.17) is 10.5 Å². The van der Waals surface area contributed by atoms with E-state index in [9.17, 15) is 4.79 Å². The molecule has 0 saturated heterocycles. The van der Waals surface area contributed by atoms with Crippen molar-refractivity contribution in [3.8, 4) is 0 Å². The maximum atomic E-state index is 12.0. The summed E-state index contributed by atoms with van der Waals surface area (Å²) in [6.45, 7) is 1.07. The maximum Gasteiger partial charge on any atom is 0.237 e. The van der Waals surface area contributed by atoms with Crippen LogP contribution in [-0.4, -0.2) is 19.1 Å². The minimum atomic E-state index is -0.532. The fraction of sp³-hybridized carbons (Fsp3) is 0.278. The molecule has 4 nitrogen and oxygen atoms in total. The van der Waals surface area contributed by atoms with Crippen molar-refractivity contribution in [1.82, 2.24) is 5.32 Å². The van der Waals surface area contributed by atoms with Gasteiger partial charge in [-0.05, 0) is 23.1 Å². The van der Waals surface area contributed by atoms with Crippen LogP contribution in [0.1, 0.15) is 16.7 Å². The molecule has 0 bridgehead atoms. The number of ether oxygens (including phenoxy) is 1. The second kappa shape index (κ2) is 10.0. The van der Waals surface area contributed by atoms with Crippen LogP contribution in [0.15, 0.2) is 54.6 Å². The third-order valence-electron chi connectivity index (χ3n) is 3.44. The highest BCUT2D eigenvalue weighted by Gasteiger charge is 2.13. The number of nitrogens with one attached hydrogen (secondary N) is 1. The minimum absolute atomic E-state index is 0. The number of benzene rings is 2. The van der Waals surface area contributed by atoms with Crippen LogP contribution in [0.2, 0.25) is 0 Å². The maximum absolute atomic E-state index is 12.0. The van der Waals surface area contributed by atoms with E-state index >= 15 is 0 Å². The number of halogens is 1. The molecule has 5 heteroatoms. The second-order valence-corrected chi connectivity index (χ2v) is 5.26. The number of rotatable bonds is 7. The summed E-state index contributed by atoms with van der Waals surface area (Å²) in [5.41, 5.74) is 9.16. The molecule has 2 aromatic rings. The molecule has 0 aliphatic heterocycles. The molecular weight excluding hydrogens is 312 g/mol. The van der Waals surface area contributed by atoms with Crippen molar-refractivity contribution in [2.24, 2.45) is 5.73 Å². The lowest BCUT2D eigenvalue weighted by Crippen LogP contribution is -2.41. The number of hydrogen-bond donors (Lipinski definition) is 2. The van der Waals surface area contributed by atoms with Crippen molar-refractivity contribution < 1.29 is 9.53 Å². The van der Waals surface area contributed by atoms with Crippen molar-refractivity contribution in [2.75, 3.05) is 7.11 Å². The molecule has 1 amide bonds. The van der Waals surface area contributed by atoms with Crippen molar-refractivity contribution in [3.63, 3.8) is 0 Å². The average molecular weight is 335 g/mol. The monoisotopic (exact) mass is 334 g/mol. The van der Waals surface area contributed by atoms with Crippen molar-refractivity contribution in [1.29, 1.82) is 0 Å². The second-order valence-electron chi connectivity index (χ2n) is 5.26. The largest absolute Gasteiger partial charge is 0.380 e. The molecule has 0 aliphatic rings. The van der Waals surface area contributed by atoms with Crippen LogP contribution in [0, 0.1) is 0 Å². The van der Waals surface area contributed by atoms with Gasteiger partial charge in [0.2, 0.25) is 5.91 Å². The quantitative estimate of drug-likeness (QED) is 0.817. The average Bonchev–Trinajstić information content (AvgIpc) is 2.55. The van der Waals surface area contributed by atoms with Gasteiger partial charge in [-0.3, -0.25) is 4.79 Å². The molecule has 2 rings (SSSR count). The van der Waals surface area contributed by atoms with Crippen LogP contribution in [0.4, 0.5) is 0 Å².